The highest BCUT2D eigenvalue weighted by Gasteiger charge is 2.13. The van der Waals surface area contributed by atoms with Crippen LogP contribution >= 0.6 is 23.2 Å². The van der Waals surface area contributed by atoms with Crippen LogP contribution in [0.1, 0.15) is 0 Å². The average Bonchev–Trinajstić information content (AvgIpc) is 2.31. The molecule has 16 heavy (non-hydrogen) atoms. The molecule has 2 rings (SSSR count). The molecule has 0 atom stereocenters. The number of ether oxygens (including phenoxy) is 1. The highest BCUT2D eigenvalue weighted by Crippen LogP contribution is 2.14. The maximum absolute atomic E-state index is 11.7. The van der Waals surface area contributed by atoms with Crippen LogP contribution in [0.15, 0.2) is 11.0 Å². The molecule has 0 bridgehead atoms. The van der Waals surface area contributed by atoms with E-state index in [4.69, 9.17) is 27.9 Å². The van der Waals surface area contributed by atoms with Gasteiger partial charge in [-0.05, 0) is 0 Å². The van der Waals surface area contributed by atoms with Gasteiger partial charge in [-0.15, -0.1) is 0 Å². The van der Waals surface area contributed by atoms with E-state index in [-0.39, 0.29) is 15.6 Å². The summed E-state index contributed by atoms with van der Waals surface area (Å²) in [5.41, 5.74) is -0.361. The Bertz CT molecular complexity index is 429. The van der Waals surface area contributed by atoms with Gasteiger partial charge < -0.3 is 4.74 Å². The number of nitrogens with zero attached hydrogens (tertiary/aromatic N) is 3. The zero-order chi connectivity index (χ0) is 11.5. The van der Waals surface area contributed by atoms with Crippen molar-refractivity contribution in [1.82, 2.24) is 14.7 Å². The Morgan fingerprint density at radius 1 is 1.38 bits per heavy atom. The molecular formula is C9H11Cl2N3O2. The van der Waals surface area contributed by atoms with E-state index in [9.17, 15) is 4.79 Å². The standard InChI is InChI=1S/C9H11Cl2N3O2/c10-7-5-12-14(9(15)8(7)11)6-13-1-3-16-4-2-13/h5H,1-4,6H2. The van der Waals surface area contributed by atoms with Gasteiger partial charge in [-0.25, -0.2) is 4.68 Å². The third-order valence-electron chi connectivity index (χ3n) is 2.38. The molecule has 1 aromatic rings. The van der Waals surface area contributed by atoms with E-state index in [1.165, 1.54) is 10.9 Å². The Hall–Kier alpha value is -0.620. The summed E-state index contributed by atoms with van der Waals surface area (Å²) in [4.78, 5) is 13.8. The van der Waals surface area contributed by atoms with Crippen LogP contribution in [-0.4, -0.2) is 41.0 Å². The Morgan fingerprint density at radius 2 is 2.06 bits per heavy atom. The SMILES string of the molecule is O=c1c(Cl)c(Cl)cnn1CN1CCOCC1. The largest absolute Gasteiger partial charge is 0.379 e. The maximum atomic E-state index is 11.7. The number of morpholine rings is 1. The minimum absolute atomic E-state index is 0.0185. The first-order valence-corrected chi connectivity index (χ1v) is 5.65. The lowest BCUT2D eigenvalue weighted by atomic mass is 10.4. The summed E-state index contributed by atoms with van der Waals surface area (Å²) in [6.07, 6.45) is 1.38. The van der Waals surface area contributed by atoms with E-state index in [1.54, 1.807) is 0 Å². The van der Waals surface area contributed by atoms with Gasteiger partial charge in [0.1, 0.15) is 5.02 Å². The number of hydrogen-bond donors (Lipinski definition) is 0. The third-order valence-corrected chi connectivity index (χ3v) is 3.13. The van der Waals surface area contributed by atoms with Crippen molar-refractivity contribution in [2.24, 2.45) is 0 Å². The predicted molar refractivity (Wildman–Crippen MR) is 60.9 cm³/mol. The first kappa shape index (κ1) is 11.9. The van der Waals surface area contributed by atoms with Gasteiger partial charge >= 0.3 is 0 Å². The van der Waals surface area contributed by atoms with Gasteiger partial charge in [0.25, 0.3) is 5.56 Å². The van der Waals surface area contributed by atoms with E-state index in [0.717, 1.165) is 13.1 Å². The van der Waals surface area contributed by atoms with E-state index < -0.39 is 0 Å². The molecule has 0 saturated carbocycles. The van der Waals surface area contributed by atoms with Gasteiger partial charge in [-0.1, -0.05) is 23.2 Å². The lowest BCUT2D eigenvalue weighted by Gasteiger charge is -2.26. The van der Waals surface area contributed by atoms with Gasteiger partial charge in [-0.3, -0.25) is 9.69 Å². The smallest absolute Gasteiger partial charge is 0.288 e. The van der Waals surface area contributed by atoms with Crippen molar-refractivity contribution in [2.75, 3.05) is 26.3 Å². The molecule has 88 valence electrons. The van der Waals surface area contributed by atoms with Gasteiger partial charge in [0.05, 0.1) is 31.1 Å². The van der Waals surface area contributed by atoms with Crippen LogP contribution < -0.4 is 5.56 Å². The Labute approximate surface area is 103 Å². The van der Waals surface area contributed by atoms with Gasteiger partial charge in [0.2, 0.25) is 0 Å². The second-order valence-corrected chi connectivity index (χ2v) is 4.27. The molecular weight excluding hydrogens is 253 g/mol. The normalized spacial score (nSPS) is 17.6. The molecule has 1 saturated heterocycles. The summed E-state index contributed by atoms with van der Waals surface area (Å²) in [5, 5.41) is 4.14. The highest BCUT2D eigenvalue weighted by atomic mass is 35.5. The first-order chi connectivity index (χ1) is 7.68. The monoisotopic (exact) mass is 263 g/mol. The van der Waals surface area contributed by atoms with E-state index >= 15 is 0 Å². The van der Waals surface area contributed by atoms with Crippen LogP contribution in [0.3, 0.4) is 0 Å². The molecule has 2 heterocycles. The average molecular weight is 264 g/mol. The second-order valence-electron chi connectivity index (χ2n) is 3.48. The summed E-state index contributed by atoms with van der Waals surface area (Å²) >= 11 is 11.4. The topological polar surface area (TPSA) is 47.4 Å². The summed E-state index contributed by atoms with van der Waals surface area (Å²) in [6, 6.07) is 0. The number of rotatable bonds is 2. The number of halogens is 2. The molecule has 1 aromatic heterocycles. The molecule has 1 aliphatic heterocycles. The molecule has 0 unspecified atom stereocenters. The summed E-state index contributed by atoms with van der Waals surface area (Å²) in [6.45, 7) is 3.34. The van der Waals surface area contributed by atoms with Crippen molar-refractivity contribution in [3.8, 4) is 0 Å². The molecule has 1 aliphatic rings. The van der Waals surface area contributed by atoms with Crippen molar-refractivity contribution >= 4 is 23.2 Å². The second kappa shape index (κ2) is 5.14. The van der Waals surface area contributed by atoms with Crippen molar-refractivity contribution in [1.29, 1.82) is 0 Å². The lowest BCUT2D eigenvalue weighted by molar-refractivity contribution is 0.0204. The zero-order valence-electron chi connectivity index (χ0n) is 8.53. The quantitative estimate of drug-likeness (QED) is 0.794. The Balaban J connectivity index is 2.15. The van der Waals surface area contributed by atoms with Crippen molar-refractivity contribution < 1.29 is 4.74 Å². The summed E-state index contributed by atoms with van der Waals surface area (Å²) < 4.78 is 6.52. The molecule has 7 heteroatoms. The van der Waals surface area contributed by atoms with E-state index in [2.05, 4.69) is 10.00 Å². The number of hydrogen-bond acceptors (Lipinski definition) is 4. The fourth-order valence-corrected chi connectivity index (χ4v) is 1.75. The molecule has 1 fully saturated rings. The van der Waals surface area contributed by atoms with Crippen LogP contribution in [0.25, 0.3) is 0 Å². The Kier molecular flexibility index (Phi) is 3.81. The first-order valence-electron chi connectivity index (χ1n) is 4.89. The molecule has 0 spiro atoms. The van der Waals surface area contributed by atoms with E-state index in [0.29, 0.717) is 19.9 Å². The molecule has 0 amide bonds. The minimum Gasteiger partial charge on any atom is -0.379 e. The number of aromatic nitrogens is 2. The summed E-state index contributed by atoms with van der Waals surface area (Å²) in [7, 11) is 0. The zero-order valence-corrected chi connectivity index (χ0v) is 10.0. The lowest BCUT2D eigenvalue weighted by Crippen LogP contribution is -2.40. The summed E-state index contributed by atoms with van der Waals surface area (Å²) in [5.74, 6) is 0. The fourth-order valence-electron chi connectivity index (χ4n) is 1.48. The van der Waals surface area contributed by atoms with Gasteiger partial charge in [-0.2, -0.15) is 5.10 Å². The molecule has 5 nitrogen and oxygen atoms in total. The van der Waals surface area contributed by atoms with Gasteiger partial charge in [0, 0.05) is 13.1 Å². The highest BCUT2D eigenvalue weighted by molar-refractivity contribution is 6.41. The third kappa shape index (κ3) is 2.55. The van der Waals surface area contributed by atoms with E-state index in [1.807, 2.05) is 0 Å². The van der Waals surface area contributed by atoms with Crippen molar-refractivity contribution in [2.45, 2.75) is 6.67 Å². The van der Waals surface area contributed by atoms with Crippen molar-refractivity contribution in [3.05, 3.63) is 26.6 Å². The maximum Gasteiger partial charge on any atom is 0.288 e. The molecule has 0 aliphatic carbocycles. The van der Waals surface area contributed by atoms with Crippen LogP contribution in [-0.2, 0) is 11.4 Å². The molecule has 0 aromatic carbocycles. The van der Waals surface area contributed by atoms with Crippen LogP contribution in [0.2, 0.25) is 10.0 Å². The predicted octanol–water partition coefficient (Wildman–Crippen LogP) is 0.840. The fraction of sp³-hybridized carbons (Fsp3) is 0.556. The Morgan fingerprint density at radius 3 is 2.75 bits per heavy atom. The van der Waals surface area contributed by atoms with Gasteiger partial charge in [0.15, 0.2) is 0 Å². The molecule has 0 radical (unpaired) electrons. The van der Waals surface area contributed by atoms with Crippen LogP contribution in [0, 0.1) is 0 Å². The van der Waals surface area contributed by atoms with Crippen LogP contribution in [0.5, 0.6) is 0 Å². The van der Waals surface area contributed by atoms with Crippen molar-refractivity contribution in [3.63, 3.8) is 0 Å². The van der Waals surface area contributed by atoms with Crippen LogP contribution in [0.4, 0.5) is 0 Å². The molecule has 0 N–H and O–H groups in total. The minimum atomic E-state index is -0.361.